The average Bonchev–Trinajstić information content (AvgIpc) is 2.72. The summed E-state index contributed by atoms with van der Waals surface area (Å²) in [5.74, 6) is 0.847. The molecular weight excluding hydrogens is 230 g/mol. The topological polar surface area (TPSA) is 84.2 Å². The van der Waals surface area contributed by atoms with Crippen molar-refractivity contribution < 1.29 is 9.84 Å². The van der Waals surface area contributed by atoms with Gasteiger partial charge in [0.25, 0.3) is 0 Å². The van der Waals surface area contributed by atoms with E-state index in [1.807, 2.05) is 19.1 Å². The minimum atomic E-state index is -0.443. The summed E-state index contributed by atoms with van der Waals surface area (Å²) in [5.41, 5.74) is 8.81. The van der Waals surface area contributed by atoms with Gasteiger partial charge in [-0.25, -0.2) is 0 Å². The molecule has 0 fully saturated rings. The van der Waals surface area contributed by atoms with E-state index in [1.165, 1.54) is 0 Å². The number of H-pyrrole nitrogens is 1. The average molecular weight is 247 g/mol. The second-order valence-corrected chi connectivity index (χ2v) is 4.99. The van der Waals surface area contributed by atoms with Crippen LogP contribution in [-0.2, 0) is 12.8 Å². The molecule has 18 heavy (non-hydrogen) atoms. The summed E-state index contributed by atoms with van der Waals surface area (Å²) >= 11 is 0. The summed E-state index contributed by atoms with van der Waals surface area (Å²) in [4.78, 5) is 0. The van der Waals surface area contributed by atoms with E-state index < -0.39 is 6.10 Å². The molecule has 2 atom stereocenters. The zero-order chi connectivity index (χ0) is 12.7. The van der Waals surface area contributed by atoms with Gasteiger partial charge in [-0.15, -0.1) is 0 Å². The molecule has 0 spiro atoms. The highest BCUT2D eigenvalue weighted by molar-refractivity contribution is 5.87. The molecule has 0 radical (unpaired) electrons. The van der Waals surface area contributed by atoms with Gasteiger partial charge in [-0.2, -0.15) is 5.10 Å². The molecule has 96 valence electrons. The number of ether oxygens (including phenoxy) is 1. The van der Waals surface area contributed by atoms with Crippen molar-refractivity contribution in [1.82, 2.24) is 10.2 Å². The third-order valence-corrected chi connectivity index (χ3v) is 3.26. The molecule has 1 aliphatic heterocycles. The van der Waals surface area contributed by atoms with Crippen molar-refractivity contribution >= 4 is 10.9 Å². The van der Waals surface area contributed by atoms with Crippen LogP contribution in [0.5, 0.6) is 5.75 Å². The molecule has 0 bridgehead atoms. The van der Waals surface area contributed by atoms with Gasteiger partial charge in [0.15, 0.2) is 0 Å². The van der Waals surface area contributed by atoms with E-state index in [2.05, 4.69) is 10.2 Å². The lowest BCUT2D eigenvalue weighted by molar-refractivity contribution is 0.0927. The number of nitrogens with one attached hydrogen (secondary N) is 1. The maximum absolute atomic E-state index is 9.75. The fourth-order valence-corrected chi connectivity index (χ4v) is 2.52. The van der Waals surface area contributed by atoms with Crippen LogP contribution in [0.1, 0.15) is 18.2 Å². The highest BCUT2D eigenvalue weighted by Crippen LogP contribution is 2.33. The van der Waals surface area contributed by atoms with Crippen LogP contribution >= 0.6 is 0 Å². The summed E-state index contributed by atoms with van der Waals surface area (Å²) in [7, 11) is 0. The molecule has 2 aromatic rings. The number of aromatic amines is 1. The Balaban J connectivity index is 2.16. The smallest absolute Gasteiger partial charge is 0.123 e. The van der Waals surface area contributed by atoms with Crippen molar-refractivity contribution in [2.75, 3.05) is 6.61 Å². The van der Waals surface area contributed by atoms with Gasteiger partial charge >= 0.3 is 0 Å². The Bertz CT molecular complexity index is 577. The Morgan fingerprint density at radius 3 is 3.22 bits per heavy atom. The number of fused-ring (bicyclic) bond motifs is 3. The lowest BCUT2D eigenvalue weighted by atomic mass is 9.97. The van der Waals surface area contributed by atoms with Gasteiger partial charge in [0.2, 0.25) is 0 Å². The monoisotopic (exact) mass is 247 g/mol. The molecule has 3 rings (SSSR count). The fraction of sp³-hybridized carbons (Fsp3) is 0.462. The number of nitrogens with two attached hydrogens (primary N) is 1. The van der Waals surface area contributed by atoms with Crippen LogP contribution in [0.25, 0.3) is 10.9 Å². The lowest BCUT2D eigenvalue weighted by Crippen LogP contribution is -2.25. The number of rotatable bonds is 2. The SMILES string of the molecule is C[C@@H](N)Cc1[nH]nc2ccc3c(c12)C[C@H](O)CO3. The first-order valence-corrected chi connectivity index (χ1v) is 6.20. The number of aliphatic hydroxyl groups excluding tert-OH is 1. The van der Waals surface area contributed by atoms with Crippen molar-refractivity contribution in [3.05, 3.63) is 23.4 Å². The van der Waals surface area contributed by atoms with Crippen LogP contribution < -0.4 is 10.5 Å². The summed E-state index contributed by atoms with van der Waals surface area (Å²) in [6.45, 7) is 2.33. The second-order valence-electron chi connectivity index (χ2n) is 4.99. The summed E-state index contributed by atoms with van der Waals surface area (Å²) in [5, 5.41) is 18.1. The quantitative estimate of drug-likeness (QED) is 0.731. The van der Waals surface area contributed by atoms with Gasteiger partial charge in [0, 0.05) is 35.5 Å². The zero-order valence-electron chi connectivity index (χ0n) is 10.3. The predicted molar refractivity (Wildman–Crippen MR) is 68.7 cm³/mol. The molecule has 0 saturated heterocycles. The van der Waals surface area contributed by atoms with Gasteiger partial charge in [-0.05, 0) is 19.1 Å². The Kier molecular flexibility index (Phi) is 2.72. The summed E-state index contributed by atoms with van der Waals surface area (Å²) in [6.07, 6.45) is 0.905. The number of nitrogens with zero attached hydrogens (tertiary/aromatic N) is 1. The van der Waals surface area contributed by atoms with E-state index >= 15 is 0 Å². The van der Waals surface area contributed by atoms with Gasteiger partial charge in [-0.3, -0.25) is 5.10 Å². The molecule has 0 aliphatic carbocycles. The molecule has 0 saturated carbocycles. The van der Waals surface area contributed by atoms with Crippen molar-refractivity contribution in [2.45, 2.75) is 31.9 Å². The first-order valence-electron chi connectivity index (χ1n) is 6.20. The minimum absolute atomic E-state index is 0.0685. The van der Waals surface area contributed by atoms with Crippen LogP contribution in [0.4, 0.5) is 0 Å². The van der Waals surface area contributed by atoms with Gasteiger partial charge in [0.05, 0.1) is 11.6 Å². The predicted octanol–water partition coefficient (Wildman–Crippen LogP) is 0.748. The summed E-state index contributed by atoms with van der Waals surface area (Å²) < 4.78 is 5.55. The number of hydrogen-bond acceptors (Lipinski definition) is 4. The van der Waals surface area contributed by atoms with E-state index in [0.717, 1.165) is 34.3 Å². The van der Waals surface area contributed by atoms with Crippen LogP contribution in [0.15, 0.2) is 12.1 Å². The highest BCUT2D eigenvalue weighted by atomic mass is 16.5. The molecule has 4 N–H and O–H groups in total. The molecule has 0 amide bonds. The third-order valence-electron chi connectivity index (χ3n) is 3.26. The standard InChI is InChI=1S/C13H17N3O2/c1-7(14)4-11-13-9-5-8(17)6-18-12(9)3-2-10(13)15-16-11/h2-3,7-8,17H,4-6,14H2,1H3,(H,15,16)/t7-,8+/m1/s1. The molecule has 5 nitrogen and oxygen atoms in total. The number of aliphatic hydroxyl groups is 1. The molecule has 5 heteroatoms. The van der Waals surface area contributed by atoms with Crippen LogP contribution in [0.2, 0.25) is 0 Å². The Morgan fingerprint density at radius 1 is 1.61 bits per heavy atom. The van der Waals surface area contributed by atoms with E-state index in [4.69, 9.17) is 10.5 Å². The van der Waals surface area contributed by atoms with Crippen molar-refractivity contribution in [2.24, 2.45) is 5.73 Å². The molecule has 1 aromatic carbocycles. The van der Waals surface area contributed by atoms with E-state index in [9.17, 15) is 5.11 Å². The lowest BCUT2D eigenvalue weighted by Gasteiger charge is -2.22. The van der Waals surface area contributed by atoms with Crippen molar-refractivity contribution in [1.29, 1.82) is 0 Å². The zero-order valence-corrected chi connectivity index (χ0v) is 10.3. The third kappa shape index (κ3) is 1.85. The fourth-order valence-electron chi connectivity index (χ4n) is 2.52. The maximum Gasteiger partial charge on any atom is 0.123 e. The van der Waals surface area contributed by atoms with E-state index in [-0.39, 0.29) is 6.04 Å². The van der Waals surface area contributed by atoms with E-state index in [0.29, 0.717) is 13.0 Å². The number of aromatic nitrogens is 2. The Morgan fingerprint density at radius 2 is 2.44 bits per heavy atom. The Labute approximate surface area is 105 Å². The van der Waals surface area contributed by atoms with Crippen molar-refractivity contribution in [3.63, 3.8) is 0 Å². The maximum atomic E-state index is 9.75. The van der Waals surface area contributed by atoms with Crippen LogP contribution in [0, 0.1) is 0 Å². The number of benzene rings is 1. The first kappa shape index (κ1) is 11.5. The Hall–Kier alpha value is -1.59. The first-order chi connectivity index (χ1) is 8.65. The summed E-state index contributed by atoms with van der Waals surface area (Å²) in [6, 6.07) is 3.92. The molecule has 2 heterocycles. The minimum Gasteiger partial charge on any atom is -0.491 e. The second kappa shape index (κ2) is 4.26. The van der Waals surface area contributed by atoms with Gasteiger partial charge < -0.3 is 15.6 Å². The van der Waals surface area contributed by atoms with Crippen LogP contribution in [-0.4, -0.2) is 34.1 Å². The number of hydrogen-bond donors (Lipinski definition) is 3. The van der Waals surface area contributed by atoms with Crippen LogP contribution in [0.3, 0.4) is 0 Å². The van der Waals surface area contributed by atoms with Gasteiger partial charge in [0.1, 0.15) is 12.4 Å². The van der Waals surface area contributed by atoms with Gasteiger partial charge in [-0.1, -0.05) is 0 Å². The largest absolute Gasteiger partial charge is 0.491 e. The highest BCUT2D eigenvalue weighted by Gasteiger charge is 2.22. The molecule has 1 aliphatic rings. The molecular formula is C13H17N3O2. The molecule has 0 unspecified atom stereocenters. The van der Waals surface area contributed by atoms with E-state index in [1.54, 1.807) is 0 Å². The molecule has 1 aromatic heterocycles. The normalized spacial score (nSPS) is 20.5. The van der Waals surface area contributed by atoms with Crippen molar-refractivity contribution in [3.8, 4) is 5.75 Å².